The van der Waals surface area contributed by atoms with E-state index in [-0.39, 0.29) is 11.7 Å². The van der Waals surface area contributed by atoms with E-state index in [0.717, 1.165) is 11.3 Å². The normalized spacial score (nSPS) is 11.1. The van der Waals surface area contributed by atoms with Crippen molar-refractivity contribution >= 4 is 27.5 Å². The van der Waals surface area contributed by atoms with Crippen LogP contribution in [0.2, 0.25) is 0 Å². The first-order valence-corrected chi connectivity index (χ1v) is 9.07. The van der Waals surface area contributed by atoms with Crippen LogP contribution in [0, 0.1) is 6.92 Å². The molecule has 1 aromatic carbocycles. The highest BCUT2D eigenvalue weighted by Gasteiger charge is 2.21. The van der Waals surface area contributed by atoms with Gasteiger partial charge in [-0.15, -0.1) is 11.3 Å². The van der Waals surface area contributed by atoms with Gasteiger partial charge >= 0.3 is 5.97 Å². The standard InChI is InChI=1S/C19H20N2O4S/c1-10(2)25-19(23)16-11(3)15-17(22)20-14(21-18(15)26-16)9-12-5-7-13(24-4)8-6-12/h5-8,10H,9H2,1-4H3,(H,20,21,22). The summed E-state index contributed by atoms with van der Waals surface area (Å²) in [4.78, 5) is 33.1. The Kier molecular flexibility index (Phi) is 5.08. The minimum absolute atomic E-state index is 0.219. The predicted molar refractivity (Wildman–Crippen MR) is 101 cm³/mol. The summed E-state index contributed by atoms with van der Waals surface area (Å²) in [5.74, 6) is 0.905. The highest BCUT2D eigenvalue weighted by Crippen LogP contribution is 2.28. The molecule has 3 rings (SSSR count). The number of hydrogen-bond acceptors (Lipinski definition) is 6. The first-order chi connectivity index (χ1) is 12.4. The molecule has 0 radical (unpaired) electrons. The molecule has 0 aliphatic rings. The molecule has 0 fully saturated rings. The topological polar surface area (TPSA) is 81.3 Å². The minimum Gasteiger partial charge on any atom is -0.497 e. The Labute approximate surface area is 154 Å². The first kappa shape index (κ1) is 18.1. The largest absolute Gasteiger partial charge is 0.497 e. The molecule has 26 heavy (non-hydrogen) atoms. The van der Waals surface area contributed by atoms with Crippen LogP contribution in [0.1, 0.15) is 40.5 Å². The van der Waals surface area contributed by atoms with Gasteiger partial charge < -0.3 is 14.5 Å². The van der Waals surface area contributed by atoms with Crippen LogP contribution in [-0.4, -0.2) is 29.2 Å². The van der Waals surface area contributed by atoms with Crippen molar-refractivity contribution in [1.29, 1.82) is 0 Å². The second kappa shape index (κ2) is 7.29. The van der Waals surface area contributed by atoms with Gasteiger partial charge in [0.15, 0.2) is 0 Å². The van der Waals surface area contributed by atoms with Crippen LogP contribution in [-0.2, 0) is 11.2 Å². The number of fused-ring (bicyclic) bond motifs is 1. The molecular weight excluding hydrogens is 352 g/mol. The number of rotatable bonds is 5. The monoisotopic (exact) mass is 372 g/mol. The number of methoxy groups -OCH3 is 1. The molecule has 0 aliphatic heterocycles. The van der Waals surface area contributed by atoms with E-state index in [2.05, 4.69) is 9.97 Å². The smallest absolute Gasteiger partial charge is 0.348 e. The lowest BCUT2D eigenvalue weighted by Gasteiger charge is -2.06. The summed E-state index contributed by atoms with van der Waals surface area (Å²) in [7, 11) is 1.61. The molecule has 6 nitrogen and oxygen atoms in total. The van der Waals surface area contributed by atoms with Gasteiger partial charge in [-0.3, -0.25) is 4.79 Å². The summed E-state index contributed by atoms with van der Waals surface area (Å²) >= 11 is 1.19. The molecule has 0 unspecified atom stereocenters. The third-order valence-electron chi connectivity index (χ3n) is 3.91. The molecule has 0 amide bonds. The fourth-order valence-corrected chi connectivity index (χ4v) is 3.75. The average molecular weight is 372 g/mol. The Hall–Kier alpha value is -2.67. The number of esters is 1. The molecular formula is C19H20N2O4S. The van der Waals surface area contributed by atoms with Crippen LogP contribution >= 0.6 is 11.3 Å². The van der Waals surface area contributed by atoms with Crippen LogP contribution in [0.4, 0.5) is 0 Å². The maximum absolute atomic E-state index is 12.5. The van der Waals surface area contributed by atoms with Gasteiger partial charge in [-0.05, 0) is 44.0 Å². The number of carbonyl (C=O) groups excluding carboxylic acids is 1. The molecule has 7 heteroatoms. The van der Waals surface area contributed by atoms with Crippen molar-refractivity contribution in [3.63, 3.8) is 0 Å². The molecule has 1 N–H and O–H groups in total. The van der Waals surface area contributed by atoms with Crippen molar-refractivity contribution < 1.29 is 14.3 Å². The average Bonchev–Trinajstić information content (AvgIpc) is 2.92. The van der Waals surface area contributed by atoms with Crippen molar-refractivity contribution in [2.45, 2.75) is 33.3 Å². The van der Waals surface area contributed by atoms with Crippen molar-refractivity contribution in [1.82, 2.24) is 9.97 Å². The van der Waals surface area contributed by atoms with Gasteiger partial charge in [-0.25, -0.2) is 9.78 Å². The molecule has 0 bridgehead atoms. The van der Waals surface area contributed by atoms with E-state index in [1.54, 1.807) is 27.9 Å². The van der Waals surface area contributed by atoms with Gasteiger partial charge in [0.25, 0.3) is 5.56 Å². The first-order valence-electron chi connectivity index (χ1n) is 8.25. The molecule has 0 spiro atoms. The highest BCUT2D eigenvalue weighted by atomic mass is 32.1. The SMILES string of the molecule is COc1ccc(Cc2nc3sc(C(=O)OC(C)C)c(C)c3c(=O)[nH]2)cc1. The molecule has 0 saturated heterocycles. The molecule has 136 valence electrons. The summed E-state index contributed by atoms with van der Waals surface area (Å²) in [6.07, 6.45) is 0.265. The summed E-state index contributed by atoms with van der Waals surface area (Å²) in [6.45, 7) is 5.33. The van der Waals surface area contributed by atoms with Crippen molar-refractivity contribution in [3.05, 3.63) is 56.4 Å². The van der Waals surface area contributed by atoms with Crippen LogP contribution in [0.5, 0.6) is 5.75 Å². The molecule has 3 aromatic rings. The van der Waals surface area contributed by atoms with Crippen LogP contribution in [0.15, 0.2) is 29.1 Å². The second-order valence-corrected chi connectivity index (χ2v) is 7.23. The Bertz CT molecular complexity index is 1000. The van der Waals surface area contributed by atoms with Gasteiger partial charge in [0.2, 0.25) is 0 Å². The number of nitrogens with one attached hydrogen (secondary N) is 1. The summed E-state index contributed by atoms with van der Waals surface area (Å²) in [5.41, 5.74) is 1.37. The molecule has 2 aromatic heterocycles. The lowest BCUT2D eigenvalue weighted by Crippen LogP contribution is -2.13. The lowest BCUT2D eigenvalue weighted by molar-refractivity contribution is 0.0383. The number of benzene rings is 1. The number of ether oxygens (including phenoxy) is 2. The molecule has 2 heterocycles. The predicted octanol–water partition coefficient (Wildman–Crippen LogP) is 3.46. The molecule has 0 aliphatic carbocycles. The Morgan fingerprint density at radius 1 is 1.27 bits per heavy atom. The number of aromatic nitrogens is 2. The van der Waals surface area contributed by atoms with Crippen molar-refractivity contribution in [3.8, 4) is 5.75 Å². The zero-order valence-corrected chi connectivity index (χ0v) is 15.9. The number of hydrogen-bond donors (Lipinski definition) is 1. The number of carbonyl (C=O) groups is 1. The van der Waals surface area contributed by atoms with Crippen molar-refractivity contribution in [2.75, 3.05) is 7.11 Å². The number of thiophene rings is 1. The van der Waals surface area contributed by atoms with Gasteiger partial charge in [-0.1, -0.05) is 12.1 Å². The summed E-state index contributed by atoms with van der Waals surface area (Å²) < 4.78 is 10.4. The van der Waals surface area contributed by atoms with E-state index in [1.807, 2.05) is 24.3 Å². The molecule has 0 atom stereocenters. The highest BCUT2D eigenvalue weighted by molar-refractivity contribution is 7.20. The van der Waals surface area contributed by atoms with E-state index in [0.29, 0.717) is 32.9 Å². The fourth-order valence-electron chi connectivity index (χ4n) is 2.67. The van der Waals surface area contributed by atoms with Gasteiger partial charge in [-0.2, -0.15) is 0 Å². The van der Waals surface area contributed by atoms with E-state index in [9.17, 15) is 9.59 Å². The summed E-state index contributed by atoms with van der Waals surface area (Å²) in [5, 5.41) is 0.448. The van der Waals surface area contributed by atoms with Gasteiger partial charge in [0.1, 0.15) is 21.3 Å². The van der Waals surface area contributed by atoms with E-state index >= 15 is 0 Å². The van der Waals surface area contributed by atoms with Gasteiger partial charge in [0, 0.05) is 6.42 Å². The van der Waals surface area contributed by atoms with E-state index < -0.39 is 5.97 Å². The number of aryl methyl sites for hydroxylation is 1. The van der Waals surface area contributed by atoms with E-state index in [4.69, 9.17) is 9.47 Å². The molecule has 0 saturated carbocycles. The number of nitrogens with zero attached hydrogens (tertiary/aromatic N) is 1. The van der Waals surface area contributed by atoms with Crippen molar-refractivity contribution in [2.24, 2.45) is 0 Å². The quantitative estimate of drug-likeness (QED) is 0.694. The maximum atomic E-state index is 12.5. The Morgan fingerprint density at radius 2 is 1.96 bits per heavy atom. The third-order valence-corrected chi connectivity index (χ3v) is 5.07. The zero-order chi connectivity index (χ0) is 18.8. The zero-order valence-electron chi connectivity index (χ0n) is 15.1. The van der Waals surface area contributed by atoms with Gasteiger partial charge in [0.05, 0.1) is 18.6 Å². The summed E-state index contributed by atoms with van der Waals surface area (Å²) in [6, 6.07) is 7.57. The van der Waals surface area contributed by atoms with E-state index in [1.165, 1.54) is 11.3 Å². The van der Waals surface area contributed by atoms with Crippen LogP contribution in [0.3, 0.4) is 0 Å². The number of H-pyrrole nitrogens is 1. The van der Waals surface area contributed by atoms with Crippen LogP contribution < -0.4 is 10.3 Å². The maximum Gasteiger partial charge on any atom is 0.348 e. The third kappa shape index (κ3) is 3.62. The van der Waals surface area contributed by atoms with Crippen LogP contribution in [0.25, 0.3) is 10.2 Å². The number of aromatic amines is 1. The Morgan fingerprint density at radius 3 is 2.58 bits per heavy atom. The minimum atomic E-state index is -0.420. The Balaban J connectivity index is 1.96. The second-order valence-electron chi connectivity index (χ2n) is 6.23. The lowest BCUT2D eigenvalue weighted by atomic mass is 10.1. The fraction of sp³-hybridized carbons (Fsp3) is 0.316.